The van der Waals surface area contributed by atoms with Crippen LogP contribution in [0.25, 0.3) is 0 Å². The molecule has 0 saturated carbocycles. The van der Waals surface area contributed by atoms with Crippen LogP contribution in [0, 0.1) is 11.7 Å². The van der Waals surface area contributed by atoms with E-state index in [9.17, 15) is 22.4 Å². The fourth-order valence-electron chi connectivity index (χ4n) is 2.75. The van der Waals surface area contributed by atoms with E-state index in [4.69, 9.17) is 5.11 Å². The Kier molecular flexibility index (Phi) is 6.12. The van der Waals surface area contributed by atoms with Crippen LogP contribution in [0.4, 0.5) is 10.1 Å². The molecule has 0 unspecified atom stereocenters. The number of benzene rings is 1. The van der Waals surface area contributed by atoms with Crippen LogP contribution in [0.15, 0.2) is 18.2 Å². The second-order valence-corrected chi connectivity index (χ2v) is 8.20. The normalized spacial score (nSPS) is 16.6. The van der Waals surface area contributed by atoms with Crippen LogP contribution in [-0.4, -0.2) is 48.5 Å². The molecule has 1 amide bonds. The molecule has 0 spiro atoms. The number of nitrogens with one attached hydrogen (secondary N) is 1. The second kappa shape index (κ2) is 7.92. The van der Waals surface area contributed by atoms with Gasteiger partial charge in [-0.3, -0.25) is 9.59 Å². The number of sulfonamides is 1. The summed E-state index contributed by atoms with van der Waals surface area (Å²) in [5.41, 5.74) is 0.295. The first-order valence-corrected chi connectivity index (χ1v) is 9.62. The van der Waals surface area contributed by atoms with Crippen molar-refractivity contribution in [3.8, 4) is 0 Å². The van der Waals surface area contributed by atoms with Gasteiger partial charge in [0.25, 0.3) is 0 Å². The highest BCUT2D eigenvalue weighted by Crippen LogP contribution is 2.22. The average Bonchev–Trinajstić information content (AvgIpc) is 2.57. The number of anilines is 1. The number of carbonyl (C=O) groups is 2. The molecule has 0 bridgehead atoms. The van der Waals surface area contributed by atoms with Gasteiger partial charge in [0, 0.05) is 24.7 Å². The van der Waals surface area contributed by atoms with Crippen LogP contribution >= 0.6 is 0 Å². The van der Waals surface area contributed by atoms with Gasteiger partial charge in [-0.2, -0.15) is 0 Å². The van der Waals surface area contributed by atoms with Crippen molar-refractivity contribution in [2.75, 3.05) is 24.2 Å². The summed E-state index contributed by atoms with van der Waals surface area (Å²) >= 11 is 0. The summed E-state index contributed by atoms with van der Waals surface area (Å²) in [6.07, 6.45) is 0.389. The Morgan fingerprint density at radius 2 is 1.96 bits per heavy atom. The number of amides is 1. The van der Waals surface area contributed by atoms with Gasteiger partial charge in [0.1, 0.15) is 5.82 Å². The number of hydrogen-bond acceptors (Lipinski definition) is 4. The number of hydrogen-bond donors (Lipinski definition) is 2. The Hall–Kier alpha value is -2.00. The molecule has 2 rings (SSSR count). The van der Waals surface area contributed by atoms with Crippen molar-refractivity contribution in [1.29, 1.82) is 0 Å². The molecule has 0 aliphatic carbocycles. The molecule has 1 aromatic rings. The number of carboxylic acid groups (broad SMARTS) is 1. The number of aliphatic carboxylic acids is 1. The zero-order chi connectivity index (χ0) is 18.6. The van der Waals surface area contributed by atoms with Crippen LogP contribution < -0.4 is 5.32 Å². The van der Waals surface area contributed by atoms with Crippen molar-refractivity contribution in [3.63, 3.8) is 0 Å². The predicted molar refractivity (Wildman–Crippen MR) is 90.1 cm³/mol. The standard InChI is InChI=1S/C16H21FN2O5S/c1-2-25(23,24)19-7-5-11(6-8-19)16(22)18-13-4-3-12(9-15(20)21)14(17)10-13/h3-4,10-11H,2,5-9H2,1H3,(H,18,22)(H,20,21). The molecular formula is C16H21FN2O5S. The highest BCUT2D eigenvalue weighted by atomic mass is 32.2. The minimum atomic E-state index is -3.25. The maximum Gasteiger partial charge on any atom is 0.307 e. The average molecular weight is 372 g/mol. The quantitative estimate of drug-likeness (QED) is 0.787. The number of halogens is 1. The second-order valence-electron chi connectivity index (χ2n) is 5.94. The minimum absolute atomic E-state index is 0.0336. The third-order valence-electron chi connectivity index (χ3n) is 4.25. The fourth-order valence-corrected chi connectivity index (χ4v) is 3.89. The third kappa shape index (κ3) is 4.99. The van der Waals surface area contributed by atoms with Gasteiger partial charge in [0.05, 0.1) is 12.2 Å². The van der Waals surface area contributed by atoms with Crippen LogP contribution in [0.3, 0.4) is 0 Å². The van der Waals surface area contributed by atoms with Crippen molar-refractivity contribution >= 4 is 27.6 Å². The van der Waals surface area contributed by atoms with Crippen molar-refractivity contribution < 1.29 is 27.5 Å². The Bertz CT molecular complexity index is 758. The van der Waals surface area contributed by atoms with Gasteiger partial charge in [-0.25, -0.2) is 17.1 Å². The molecular weight excluding hydrogens is 351 g/mol. The van der Waals surface area contributed by atoms with E-state index < -0.39 is 28.2 Å². The molecule has 0 radical (unpaired) electrons. The van der Waals surface area contributed by atoms with Crippen molar-refractivity contribution in [2.45, 2.75) is 26.2 Å². The first-order chi connectivity index (χ1) is 11.7. The number of piperidine rings is 1. The summed E-state index contributed by atoms with van der Waals surface area (Å²) in [6, 6.07) is 3.87. The van der Waals surface area contributed by atoms with E-state index in [1.165, 1.54) is 16.4 Å². The monoisotopic (exact) mass is 372 g/mol. The van der Waals surface area contributed by atoms with Gasteiger partial charge in [0.15, 0.2) is 0 Å². The van der Waals surface area contributed by atoms with Gasteiger partial charge in [-0.15, -0.1) is 0 Å². The van der Waals surface area contributed by atoms with E-state index in [1.807, 2.05) is 0 Å². The lowest BCUT2D eigenvalue weighted by atomic mass is 9.97. The van der Waals surface area contributed by atoms with Crippen molar-refractivity contribution in [2.24, 2.45) is 5.92 Å². The van der Waals surface area contributed by atoms with Gasteiger partial charge in [-0.1, -0.05) is 6.07 Å². The third-order valence-corrected chi connectivity index (χ3v) is 6.13. The highest BCUT2D eigenvalue weighted by molar-refractivity contribution is 7.89. The zero-order valence-electron chi connectivity index (χ0n) is 13.9. The van der Waals surface area contributed by atoms with E-state index in [1.54, 1.807) is 6.92 Å². The first kappa shape index (κ1) is 19.3. The molecule has 1 aliphatic heterocycles. The molecule has 7 nitrogen and oxygen atoms in total. The number of carboxylic acids is 1. The largest absolute Gasteiger partial charge is 0.481 e. The van der Waals surface area contributed by atoms with Crippen molar-refractivity contribution in [1.82, 2.24) is 4.31 Å². The molecule has 1 heterocycles. The Morgan fingerprint density at radius 3 is 2.48 bits per heavy atom. The molecule has 0 aromatic heterocycles. The van der Waals surface area contributed by atoms with Gasteiger partial charge >= 0.3 is 5.97 Å². The lowest BCUT2D eigenvalue weighted by Gasteiger charge is -2.30. The summed E-state index contributed by atoms with van der Waals surface area (Å²) in [4.78, 5) is 22.9. The van der Waals surface area contributed by atoms with E-state index >= 15 is 0 Å². The zero-order valence-corrected chi connectivity index (χ0v) is 14.7. The van der Waals surface area contributed by atoms with Crippen LogP contribution in [0.2, 0.25) is 0 Å². The molecule has 1 aliphatic rings. The molecule has 138 valence electrons. The summed E-state index contributed by atoms with van der Waals surface area (Å²) < 4.78 is 38.8. The maximum atomic E-state index is 13.8. The van der Waals surface area contributed by atoms with E-state index in [0.717, 1.165) is 6.07 Å². The highest BCUT2D eigenvalue weighted by Gasteiger charge is 2.30. The fraction of sp³-hybridized carbons (Fsp3) is 0.500. The molecule has 1 aromatic carbocycles. The molecule has 9 heteroatoms. The topological polar surface area (TPSA) is 104 Å². The van der Waals surface area contributed by atoms with Crippen LogP contribution in [0.5, 0.6) is 0 Å². The number of nitrogens with zero attached hydrogens (tertiary/aromatic N) is 1. The SMILES string of the molecule is CCS(=O)(=O)N1CCC(C(=O)Nc2ccc(CC(=O)O)c(F)c2)CC1. The van der Waals surface area contributed by atoms with E-state index in [2.05, 4.69) is 5.32 Å². The van der Waals surface area contributed by atoms with Gasteiger partial charge in [-0.05, 0) is 37.5 Å². The summed E-state index contributed by atoms with van der Waals surface area (Å²) in [7, 11) is -3.25. The van der Waals surface area contributed by atoms with Crippen LogP contribution in [-0.2, 0) is 26.0 Å². The Balaban J connectivity index is 1.95. The lowest BCUT2D eigenvalue weighted by molar-refractivity contribution is -0.136. The minimum Gasteiger partial charge on any atom is -0.481 e. The van der Waals surface area contributed by atoms with Crippen LogP contribution in [0.1, 0.15) is 25.3 Å². The van der Waals surface area contributed by atoms with E-state index in [0.29, 0.717) is 25.9 Å². The Morgan fingerprint density at radius 1 is 1.32 bits per heavy atom. The van der Waals surface area contributed by atoms with Gasteiger partial charge < -0.3 is 10.4 Å². The smallest absolute Gasteiger partial charge is 0.307 e. The van der Waals surface area contributed by atoms with E-state index in [-0.39, 0.29) is 28.8 Å². The molecule has 0 atom stereocenters. The van der Waals surface area contributed by atoms with Gasteiger partial charge in [0.2, 0.25) is 15.9 Å². The molecule has 1 saturated heterocycles. The Labute approximate surface area is 145 Å². The summed E-state index contributed by atoms with van der Waals surface area (Å²) in [6.45, 7) is 2.16. The summed E-state index contributed by atoms with van der Waals surface area (Å²) in [5, 5.41) is 11.3. The predicted octanol–water partition coefficient (Wildman–Crippen LogP) is 1.45. The summed E-state index contributed by atoms with van der Waals surface area (Å²) in [5.74, 6) is -2.43. The molecule has 25 heavy (non-hydrogen) atoms. The van der Waals surface area contributed by atoms with Crippen molar-refractivity contribution in [3.05, 3.63) is 29.6 Å². The molecule has 2 N–H and O–H groups in total. The number of carbonyl (C=O) groups excluding carboxylic acids is 1. The lowest BCUT2D eigenvalue weighted by Crippen LogP contribution is -2.42. The number of rotatable bonds is 6. The molecule has 1 fully saturated rings. The maximum absolute atomic E-state index is 13.8. The first-order valence-electron chi connectivity index (χ1n) is 8.02.